The van der Waals surface area contributed by atoms with E-state index in [0.29, 0.717) is 13.2 Å². The highest BCUT2D eigenvalue weighted by Crippen LogP contribution is 2.18. The highest BCUT2D eigenvalue weighted by atomic mass is 16.5. The van der Waals surface area contributed by atoms with Crippen molar-refractivity contribution in [3.63, 3.8) is 0 Å². The first-order valence-corrected chi connectivity index (χ1v) is 4.99. The SMILES string of the molecule is CCNC(=O)OCC(NC)C(C)(C)C. The third kappa shape index (κ3) is 5.07. The lowest BCUT2D eigenvalue weighted by Crippen LogP contribution is -2.43. The molecule has 0 saturated carbocycles. The summed E-state index contributed by atoms with van der Waals surface area (Å²) in [7, 11) is 1.87. The molecule has 0 aromatic rings. The fourth-order valence-corrected chi connectivity index (χ4v) is 1.12. The summed E-state index contributed by atoms with van der Waals surface area (Å²) >= 11 is 0. The van der Waals surface area contributed by atoms with Crippen molar-refractivity contribution in [3.8, 4) is 0 Å². The molecule has 0 aromatic heterocycles. The number of amides is 1. The molecule has 0 aliphatic heterocycles. The summed E-state index contributed by atoms with van der Waals surface area (Å²) in [6.07, 6.45) is -0.350. The Morgan fingerprint density at radius 3 is 2.36 bits per heavy atom. The van der Waals surface area contributed by atoms with Gasteiger partial charge in [-0.15, -0.1) is 0 Å². The maximum Gasteiger partial charge on any atom is 0.407 e. The highest BCUT2D eigenvalue weighted by Gasteiger charge is 2.24. The van der Waals surface area contributed by atoms with E-state index >= 15 is 0 Å². The Morgan fingerprint density at radius 1 is 1.43 bits per heavy atom. The second kappa shape index (κ2) is 5.86. The Hall–Kier alpha value is -0.770. The molecule has 0 aliphatic rings. The van der Waals surface area contributed by atoms with Crippen LogP contribution >= 0.6 is 0 Å². The summed E-state index contributed by atoms with van der Waals surface area (Å²) in [6, 6.07) is 0.171. The molecule has 2 N–H and O–H groups in total. The van der Waals surface area contributed by atoms with Crippen LogP contribution in [0.15, 0.2) is 0 Å². The molecule has 0 fully saturated rings. The molecule has 14 heavy (non-hydrogen) atoms. The predicted molar refractivity (Wildman–Crippen MR) is 57.3 cm³/mol. The van der Waals surface area contributed by atoms with Crippen LogP contribution in [0.25, 0.3) is 0 Å². The molecule has 1 atom stereocenters. The molecule has 4 heteroatoms. The minimum atomic E-state index is -0.350. The minimum absolute atomic E-state index is 0.0846. The number of rotatable bonds is 4. The first kappa shape index (κ1) is 13.2. The quantitative estimate of drug-likeness (QED) is 0.724. The average Bonchev–Trinajstić information content (AvgIpc) is 2.03. The van der Waals surface area contributed by atoms with Crippen molar-refractivity contribution in [1.82, 2.24) is 10.6 Å². The smallest absolute Gasteiger partial charge is 0.407 e. The maximum absolute atomic E-state index is 11.0. The van der Waals surface area contributed by atoms with Crippen molar-refractivity contribution >= 4 is 6.09 Å². The standard InChI is InChI=1S/C10H22N2O2/c1-6-12-9(13)14-7-8(11-5)10(2,3)4/h8,11H,6-7H2,1-5H3,(H,12,13). The third-order valence-corrected chi connectivity index (χ3v) is 2.10. The van der Waals surface area contributed by atoms with Gasteiger partial charge in [0.1, 0.15) is 6.61 Å². The van der Waals surface area contributed by atoms with Gasteiger partial charge in [0.25, 0.3) is 0 Å². The number of carbonyl (C=O) groups is 1. The Bertz CT molecular complexity index is 175. The number of nitrogens with one attached hydrogen (secondary N) is 2. The number of ether oxygens (including phenoxy) is 1. The van der Waals surface area contributed by atoms with Gasteiger partial charge in [0.05, 0.1) is 0 Å². The molecule has 0 radical (unpaired) electrons. The number of hydrogen-bond donors (Lipinski definition) is 2. The van der Waals surface area contributed by atoms with Crippen molar-refractivity contribution in [2.45, 2.75) is 33.7 Å². The molecule has 1 amide bonds. The third-order valence-electron chi connectivity index (χ3n) is 2.10. The molecular weight excluding hydrogens is 180 g/mol. The number of likely N-dealkylation sites (N-methyl/N-ethyl adjacent to an activating group) is 1. The van der Waals surface area contributed by atoms with Gasteiger partial charge in [0.15, 0.2) is 0 Å². The Morgan fingerprint density at radius 2 is 2.00 bits per heavy atom. The highest BCUT2D eigenvalue weighted by molar-refractivity contribution is 5.66. The van der Waals surface area contributed by atoms with Gasteiger partial charge >= 0.3 is 6.09 Å². The lowest BCUT2D eigenvalue weighted by atomic mass is 9.87. The summed E-state index contributed by atoms with van der Waals surface area (Å²) in [5.41, 5.74) is 0.0846. The van der Waals surface area contributed by atoms with E-state index in [1.165, 1.54) is 0 Å². The zero-order valence-electron chi connectivity index (χ0n) is 9.81. The zero-order valence-corrected chi connectivity index (χ0v) is 9.81. The molecule has 0 spiro atoms. The summed E-state index contributed by atoms with van der Waals surface area (Å²) in [4.78, 5) is 11.0. The van der Waals surface area contributed by atoms with Gasteiger partial charge in [-0.1, -0.05) is 20.8 Å². The average molecular weight is 202 g/mol. The molecule has 1 unspecified atom stereocenters. The summed E-state index contributed by atoms with van der Waals surface area (Å²) in [5, 5.41) is 5.72. The van der Waals surface area contributed by atoms with Gasteiger partial charge in [0, 0.05) is 12.6 Å². The van der Waals surface area contributed by atoms with Crippen LogP contribution in [0, 0.1) is 5.41 Å². The number of hydrogen-bond acceptors (Lipinski definition) is 3. The van der Waals surface area contributed by atoms with Gasteiger partial charge in [-0.05, 0) is 19.4 Å². The van der Waals surface area contributed by atoms with Gasteiger partial charge in [-0.2, -0.15) is 0 Å². The topological polar surface area (TPSA) is 50.4 Å². The molecule has 0 bridgehead atoms. The summed E-state index contributed by atoms with van der Waals surface area (Å²) in [6.45, 7) is 9.17. The minimum Gasteiger partial charge on any atom is -0.448 e. The van der Waals surface area contributed by atoms with Crippen LogP contribution in [0.2, 0.25) is 0 Å². The van der Waals surface area contributed by atoms with Crippen LogP contribution in [0.4, 0.5) is 4.79 Å². The molecule has 0 aromatic carbocycles. The van der Waals surface area contributed by atoms with E-state index in [0.717, 1.165) is 0 Å². The van der Waals surface area contributed by atoms with Crippen molar-refractivity contribution in [2.24, 2.45) is 5.41 Å². The summed E-state index contributed by atoms with van der Waals surface area (Å²) < 4.78 is 5.05. The first-order valence-electron chi connectivity index (χ1n) is 4.99. The van der Waals surface area contributed by atoms with E-state index in [1.807, 2.05) is 14.0 Å². The van der Waals surface area contributed by atoms with Crippen molar-refractivity contribution < 1.29 is 9.53 Å². The predicted octanol–water partition coefficient (Wildman–Crippen LogP) is 1.37. The molecule has 0 saturated heterocycles. The fraction of sp³-hybridized carbons (Fsp3) is 0.900. The molecule has 0 aliphatic carbocycles. The second-order valence-electron chi connectivity index (χ2n) is 4.34. The number of alkyl carbamates (subject to hydrolysis) is 1. The van der Waals surface area contributed by atoms with Crippen LogP contribution in [-0.4, -0.2) is 32.3 Å². The lowest BCUT2D eigenvalue weighted by Gasteiger charge is -2.29. The van der Waals surface area contributed by atoms with E-state index in [-0.39, 0.29) is 17.6 Å². The van der Waals surface area contributed by atoms with Gasteiger partial charge in [0.2, 0.25) is 0 Å². The van der Waals surface area contributed by atoms with E-state index in [4.69, 9.17) is 4.74 Å². The molecule has 4 nitrogen and oxygen atoms in total. The van der Waals surface area contributed by atoms with Crippen LogP contribution in [0.3, 0.4) is 0 Å². The van der Waals surface area contributed by atoms with E-state index in [2.05, 4.69) is 31.4 Å². The van der Waals surface area contributed by atoms with Crippen molar-refractivity contribution in [1.29, 1.82) is 0 Å². The monoisotopic (exact) mass is 202 g/mol. The van der Waals surface area contributed by atoms with Crippen molar-refractivity contribution in [3.05, 3.63) is 0 Å². The first-order chi connectivity index (χ1) is 6.41. The van der Waals surface area contributed by atoms with Crippen molar-refractivity contribution in [2.75, 3.05) is 20.2 Å². The molecule has 0 rings (SSSR count). The fourth-order valence-electron chi connectivity index (χ4n) is 1.12. The molecule has 0 heterocycles. The Kier molecular flexibility index (Phi) is 5.53. The summed E-state index contributed by atoms with van der Waals surface area (Å²) in [5.74, 6) is 0. The van der Waals surface area contributed by atoms with Gasteiger partial charge < -0.3 is 15.4 Å². The van der Waals surface area contributed by atoms with Crippen LogP contribution in [-0.2, 0) is 4.74 Å². The van der Waals surface area contributed by atoms with E-state index in [1.54, 1.807) is 0 Å². The lowest BCUT2D eigenvalue weighted by molar-refractivity contribution is 0.110. The van der Waals surface area contributed by atoms with E-state index < -0.39 is 0 Å². The van der Waals surface area contributed by atoms with Crippen LogP contribution < -0.4 is 10.6 Å². The second-order valence-corrected chi connectivity index (χ2v) is 4.34. The zero-order chi connectivity index (χ0) is 11.2. The van der Waals surface area contributed by atoms with Crippen LogP contribution in [0.5, 0.6) is 0 Å². The Balaban J connectivity index is 3.91. The normalized spacial score (nSPS) is 13.5. The maximum atomic E-state index is 11.0. The van der Waals surface area contributed by atoms with Crippen LogP contribution in [0.1, 0.15) is 27.7 Å². The Labute approximate surface area is 86.4 Å². The largest absolute Gasteiger partial charge is 0.448 e. The van der Waals surface area contributed by atoms with Gasteiger partial charge in [-0.3, -0.25) is 0 Å². The van der Waals surface area contributed by atoms with E-state index in [9.17, 15) is 4.79 Å². The molecular formula is C10H22N2O2. The van der Waals surface area contributed by atoms with Gasteiger partial charge in [-0.25, -0.2) is 4.79 Å². The molecule has 84 valence electrons. The number of carbonyl (C=O) groups excluding carboxylic acids is 1.